The van der Waals surface area contributed by atoms with Gasteiger partial charge in [-0.1, -0.05) is 25.4 Å². The number of nitrogens with zero attached hydrogens (tertiary/aromatic N) is 1. The molecule has 2 unspecified atom stereocenters. The minimum atomic E-state index is -0.369. The number of nitrogens with one attached hydrogen (secondary N) is 1. The summed E-state index contributed by atoms with van der Waals surface area (Å²) in [6, 6.07) is 4.70. The van der Waals surface area contributed by atoms with Crippen LogP contribution in [-0.4, -0.2) is 49.8 Å². The predicted molar refractivity (Wildman–Crippen MR) is 102 cm³/mol. The molecule has 0 heterocycles. The van der Waals surface area contributed by atoms with Crippen LogP contribution >= 0.6 is 11.6 Å². The zero-order chi connectivity index (χ0) is 18.8. The average molecular weight is 372 g/mol. The number of hydrogen-bond donors (Lipinski definition) is 2. The normalized spacial score (nSPS) is 13.7. The quantitative estimate of drug-likeness (QED) is 0.461. The molecule has 0 aliphatic heterocycles. The Morgan fingerprint density at radius 1 is 1.36 bits per heavy atom. The van der Waals surface area contributed by atoms with Crippen molar-refractivity contribution in [3.05, 3.63) is 28.8 Å². The molecule has 25 heavy (non-hydrogen) atoms. The highest BCUT2D eigenvalue weighted by Gasteiger charge is 2.19. The second-order valence-corrected chi connectivity index (χ2v) is 6.34. The van der Waals surface area contributed by atoms with E-state index < -0.39 is 0 Å². The third-order valence-electron chi connectivity index (χ3n) is 4.28. The fourth-order valence-corrected chi connectivity index (χ4v) is 2.73. The van der Waals surface area contributed by atoms with E-state index in [2.05, 4.69) is 24.2 Å². The third-order valence-corrected chi connectivity index (χ3v) is 4.61. The Hall–Kier alpha value is -1.34. The van der Waals surface area contributed by atoms with Crippen LogP contribution < -0.4 is 11.2 Å². The second-order valence-electron chi connectivity index (χ2n) is 5.93. The van der Waals surface area contributed by atoms with Gasteiger partial charge in [0.2, 0.25) is 0 Å². The molecule has 7 heteroatoms. The van der Waals surface area contributed by atoms with Crippen LogP contribution in [0.15, 0.2) is 18.2 Å². The van der Waals surface area contributed by atoms with Gasteiger partial charge in [0.1, 0.15) is 6.10 Å². The number of hydrogen-bond acceptors (Lipinski definition) is 5. The van der Waals surface area contributed by atoms with Gasteiger partial charge in [0.05, 0.1) is 16.8 Å². The summed E-state index contributed by atoms with van der Waals surface area (Å²) in [6.45, 7) is 9.29. The number of nitrogens with two attached hydrogens (primary N) is 1. The van der Waals surface area contributed by atoms with Gasteiger partial charge in [-0.15, -0.1) is 0 Å². The molecule has 3 N–H and O–H groups in total. The lowest BCUT2D eigenvalue weighted by Gasteiger charge is -2.24. The first-order valence-electron chi connectivity index (χ1n) is 8.69. The van der Waals surface area contributed by atoms with Crippen molar-refractivity contribution in [3.63, 3.8) is 0 Å². The summed E-state index contributed by atoms with van der Waals surface area (Å²) >= 11 is 5.93. The Labute approximate surface area is 155 Å². The Morgan fingerprint density at radius 3 is 2.60 bits per heavy atom. The number of benzene rings is 1. The molecule has 1 aromatic carbocycles. The molecule has 142 valence electrons. The lowest BCUT2D eigenvalue weighted by molar-refractivity contribution is -0.0831. The van der Waals surface area contributed by atoms with Crippen molar-refractivity contribution < 1.29 is 14.4 Å². The van der Waals surface area contributed by atoms with Crippen LogP contribution in [0, 0.1) is 0 Å². The number of hydroxylamine groups is 1. The molecule has 1 aromatic rings. The number of methoxy groups -OCH3 is 1. The van der Waals surface area contributed by atoms with Crippen molar-refractivity contribution in [1.82, 2.24) is 10.4 Å². The van der Waals surface area contributed by atoms with Crippen LogP contribution in [0.3, 0.4) is 0 Å². The minimum Gasteiger partial charge on any atom is -0.398 e. The number of ether oxygens (including phenoxy) is 1. The van der Waals surface area contributed by atoms with Gasteiger partial charge >= 0.3 is 0 Å². The van der Waals surface area contributed by atoms with E-state index in [0.29, 0.717) is 16.3 Å². The lowest BCUT2D eigenvalue weighted by Crippen LogP contribution is -2.36. The highest BCUT2D eigenvalue weighted by molar-refractivity contribution is 6.33. The van der Waals surface area contributed by atoms with Crippen molar-refractivity contribution in [1.29, 1.82) is 0 Å². The maximum absolute atomic E-state index is 12.1. The fraction of sp³-hybridized carbons (Fsp3) is 0.611. The number of halogens is 1. The van der Waals surface area contributed by atoms with Crippen LogP contribution in [0.5, 0.6) is 0 Å². The van der Waals surface area contributed by atoms with Gasteiger partial charge in [0.15, 0.2) is 0 Å². The van der Waals surface area contributed by atoms with Crippen molar-refractivity contribution >= 4 is 23.2 Å². The summed E-state index contributed by atoms with van der Waals surface area (Å²) < 4.78 is 5.50. The van der Waals surface area contributed by atoms with Crippen molar-refractivity contribution in [2.75, 3.05) is 32.5 Å². The summed E-state index contributed by atoms with van der Waals surface area (Å²) in [5.74, 6) is -0.369. The molecule has 1 rings (SSSR count). The van der Waals surface area contributed by atoms with Gasteiger partial charge in [-0.2, -0.15) is 0 Å². The van der Waals surface area contributed by atoms with Gasteiger partial charge in [-0.3, -0.25) is 9.63 Å². The molecule has 0 aliphatic rings. The summed E-state index contributed by atoms with van der Waals surface area (Å²) in [5.41, 5.74) is 8.92. The molecule has 0 aromatic heterocycles. The number of carbonyl (C=O) groups excluding carboxylic acids is 1. The van der Waals surface area contributed by atoms with E-state index in [0.717, 1.165) is 32.5 Å². The van der Waals surface area contributed by atoms with Crippen molar-refractivity contribution in [2.24, 2.45) is 0 Å². The summed E-state index contributed by atoms with van der Waals surface area (Å²) in [6.07, 6.45) is 1.51. The third kappa shape index (κ3) is 7.20. The van der Waals surface area contributed by atoms with Gasteiger partial charge in [-0.05, 0) is 57.6 Å². The van der Waals surface area contributed by atoms with Gasteiger partial charge in [0, 0.05) is 12.7 Å². The highest BCUT2D eigenvalue weighted by atomic mass is 35.5. The maximum Gasteiger partial charge on any atom is 0.274 e. The van der Waals surface area contributed by atoms with Crippen LogP contribution in [0.1, 0.15) is 44.0 Å². The topological polar surface area (TPSA) is 76.8 Å². The fourth-order valence-electron chi connectivity index (χ4n) is 2.55. The molecule has 0 radical (unpaired) electrons. The first kappa shape index (κ1) is 21.7. The molecule has 0 saturated carbocycles. The Kier molecular flexibility index (Phi) is 9.82. The molecular formula is C18H30ClN3O3. The first-order valence-corrected chi connectivity index (χ1v) is 9.06. The molecule has 0 bridgehead atoms. The average Bonchev–Trinajstić information content (AvgIpc) is 2.62. The van der Waals surface area contributed by atoms with E-state index in [1.54, 1.807) is 19.2 Å². The maximum atomic E-state index is 12.1. The second kappa shape index (κ2) is 11.3. The zero-order valence-corrected chi connectivity index (χ0v) is 16.3. The molecule has 1 amide bonds. The number of amides is 1. The van der Waals surface area contributed by atoms with Crippen molar-refractivity contribution in [2.45, 2.75) is 45.8 Å². The lowest BCUT2D eigenvalue weighted by atomic mass is 10.1. The van der Waals surface area contributed by atoms with E-state index in [4.69, 9.17) is 26.9 Å². The predicted octanol–water partition coefficient (Wildman–Crippen LogP) is 3.11. The SMILES string of the molecule is CCN(CC)CCCC(OC)C(C)ONC(=O)c1ccc(N)c(Cl)c1. The molecule has 0 spiro atoms. The van der Waals surface area contributed by atoms with Gasteiger partial charge in [0.25, 0.3) is 5.91 Å². The van der Waals surface area contributed by atoms with Crippen LogP contribution in [0.2, 0.25) is 5.02 Å². The van der Waals surface area contributed by atoms with Gasteiger partial charge in [-0.25, -0.2) is 5.48 Å². The van der Waals surface area contributed by atoms with Crippen molar-refractivity contribution in [3.8, 4) is 0 Å². The Bertz CT molecular complexity index is 538. The molecule has 6 nitrogen and oxygen atoms in total. The molecule has 2 atom stereocenters. The highest BCUT2D eigenvalue weighted by Crippen LogP contribution is 2.19. The largest absolute Gasteiger partial charge is 0.398 e. The number of carbonyl (C=O) groups is 1. The standard InChI is InChI=1S/C18H30ClN3O3/c1-5-22(6-2)11-7-8-17(24-4)13(3)25-21-18(23)14-9-10-16(20)15(19)12-14/h9-10,12-13,17H,5-8,11,20H2,1-4H3,(H,21,23). The molecular weight excluding hydrogens is 342 g/mol. The smallest absolute Gasteiger partial charge is 0.274 e. The van der Waals surface area contributed by atoms with Crippen LogP contribution in [0.4, 0.5) is 5.69 Å². The van der Waals surface area contributed by atoms with Crippen LogP contribution in [0.25, 0.3) is 0 Å². The zero-order valence-electron chi connectivity index (χ0n) is 15.5. The first-order chi connectivity index (χ1) is 11.9. The number of anilines is 1. The molecule has 0 fully saturated rings. The summed E-state index contributed by atoms with van der Waals surface area (Å²) in [5, 5.41) is 0.340. The molecule has 0 aliphatic carbocycles. The van der Waals surface area contributed by atoms with E-state index in [1.165, 1.54) is 6.07 Å². The minimum absolute atomic E-state index is 0.0918. The van der Waals surface area contributed by atoms with E-state index in [9.17, 15) is 4.79 Å². The summed E-state index contributed by atoms with van der Waals surface area (Å²) in [4.78, 5) is 20.0. The summed E-state index contributed by atoms with van der Waals surface area (Å²) in [7, 11) is 1.66. The number of nitrogen functional groups attached to an aromatic ring is 1. The molecule has 0 saturated heterocycles. The van der Waals surface area contributed by atoms with Gasteiger partial charge < -0.3 is 15.4 Å². The van der Waals surface area contributed by atoms with E-state index in [1.807, 2.05) is 6.92 Å². The number of rotatable bonds is 11. The van der Waals surface area contributed by atoms with Crippen LogP contribution in [-0.2, 0) is 9.57 Å². The monoisotopic (exact) mass is 371 g/mol. The Morgan fingerprint density at radius 2 is 2.04 bits per heavy atom. The van der Waals surface area contributed by atoms with E-state index in [-0.39, 0.29) is 18.1 Å². The van der Waals surface area contributed by atoms with E-state index >= 15 is 0 Å². The Balaban J connectivity index is 2.45.